The van der Waals surface area contributed by atoms with Crippen molar-refractivity contribution in [3.63, 3.8) is 0 Å². The zero-order chi connectivity index (χ0) is 14.8. The number of hydrogen-bond donors (Lipinski definition) is 1. The van der Waals surface area contributed by atoms with Crippen molar-refractivity contribution in [2.75, 3.05) is 12.8 Å². The summed E-state index contributed by atoms with van der Waals surface area (Å²) >= 11 is 0. The van der Waals surface area contributed by atoms with Crippen LogP contribution in [0.4, 0.5) is 5.69 Å². The molecule has 1 rings (SSSR count). The van der Waals surface area contributed by atoms with Crippen LogP contribution >= 0.6 is 0 Å². The fourth-order valence-corrected chi connectivity index (χ4v) is 1.62. The summed E-state index contributed by atoms with van der Waals surface area (Å²) in [5.41, 5.74) is 5.88. The molecular formula is C15H23NO3. The van der Waals surface area contributed by atoms with Crippen LogP contribution in [0.5, 0.6) is 5.75 Å². The van der Waals surface area contributed by atoms with Crippen LogP contribution in [0.3, 0.4) is 0 Å². The van der Waals surface area contributed by atoms with Gasteiger partial charge in [-0.2, -0.15) is 0 Å². The minimum Gasteiger partial charge on any atom is -0.495 e. The van der Waals surface area contributed by atoms with Crippen molar-refractivity contribution >= 4 is 11.7 Å². The van der Waals surface area contributed by atoms with Crippen molar-refractivity contribution < 1.29 is 14.3 Å². The summed E-state index contributed by atoms with van der Waals surface area (Å²) in [5.74, 6) is 0.293. The molecular weight excluding hydrogens is 242 g/mol. The van der Waals surface area contributed by atoms with E-state index in [1.807, 2.05) is 40.7 Å². The standard InChI is InChI=1S/C15H23NO3/c1-14(2,3)19-13(17)15(4,5)10-7-8-11(16)12(9-10)18-6/h7-9H,16H2,1-6H3. The van der Waals surface area contributed by atoms with Gasteiger partial charge in [-0.25, -0.2) is 0 Å². The van der Waals surface area contributed by atoms with Gasteiger partial charge in [-0.1, -0.05) is 6.07 Å². The van der Waals surface area contributed by atoms with E-state index in [1.165, 1.54) is 0 Å². The van der Waals surface area contributed by atoms with E-state index >= 15 is 0 Å². The van der Waals surface area contributed by atoms with Gasteiger partial charge in [0.25, 0.3) is 0 Å². The Hall–Kier alpha value is -1.71. The van der Waals surface area contributed by atoms with Gasteiger partial charge in [-0.3, -0.25) is 4.79 Å². The molecule has 0 heterocycles. The van der Waals surface area contributed by atoms with Crippen LogP contribution in [-0.2, 0) is 14.9 Å². The molecule has 0 radical (unpaired) electrons. The number of methoxy groups -OCH3 is 1. The number of rotatable bonds is 3. The highest BCUT2D eigenvalue weighted by Gasteiger charge is 2.34. The molecule has 0 unspecified atom stereocenters. The maximum atomic E-state index is 12.3. The molecule has 0 aliphatic carbocycles. The lowest BCUT2D eigenvalue weighted by Crippen LogP contribution is -2.36. The molecule has 1 aromatic carbocycles. The summed E-state index contributed by atoms with van der Waals surface area (Å²) in [4.78, 5) is 12.3. The first-order valence-electron chi connectivity index (χ1n) is 6.25. The van der Waals surface area contributed by atoms with Gasteiger partial charge >= 0.3 is 5.97 Å². The fraction of sp³-hybridized carbons (Fsp3) is 0.533. The molecule has 4 nitrogen and oxygen atoms in total. The summed E-state index contributed by atoms with van der Waals surface area (Å²) in [5, 5.41) is 0. The van der Waals surface area contributed by atoms with Crippen LogP contribution in [0.2, 0.25) is 0 Å². The van der Waals surface area contributed by atoms with Crippen molar-refractivity contribution in [2.24, 2.45) is 0 Å². The summed E-state index contributed by atoms with van der Waals surface area (Å²) in [6.07, 6.45) is 0. The monoisotopic (exact) mass is 265 g/mol. The van der Waals surface area contributed by atoms with E-state index < -0.39 is 11.0 Å². The number of carbonyl (C=O) groups excluding carboxylic acids is 1. The third-order valence-corrected chi connectivity index (χ3v) is 2.86. The summed E-state index contributed by atoms with van der Waals surface area (Å²) in [7, 11) is 1.55. The van der Waals surface area contributed by atoms with E-state index in [1.54, 1.807) is 19.2 Å². The highest BCUT2D eigenvalue weighted by atomic mass is 16.6. The number of nitrogens with two attached hydrogens (primary N) is 1. The smallest absolute Gasteiger partial charge is 0.316 e. The zero-order valence-electron chi connectivity index (χ0n) is 12.5. The number of benzene rings is 1. The molecule has 0 saturated heterocycles. The minimum absolute atomic E-state index is 0.271. The predicted molar refractivity (Wildman–Crippen MR) is 76.3 cm³/mol. The lowest BCUT2D eigenvalue weighted by molar-refractivity contribution is -0.160. The predicted octanol–water partition coefficient (Wildman–Crippen LogP) is 2.90. The van der Waals surface area contributed by atoms with Crippen molar-refractivity contribution in [1.82, 2.24) is 0 Å². The van der Waals surface area contributed by atoms with Gasteiger partial charge in [0, 0.05) is 0 Å². The lowest BCUT2D eigenvalue weighted by Gasteiger charge is -2.29. The molecule has 1 aromatic rings. The van der Waals surface area contributed by atoms with Crippen molar-refractivity contribution in [2.45, 2.75) is 45.6 Å². The van der Waals surface area contributed by atoms with E-state index in [9.17, 15) is 4.79 Å². The molecule has 19 heavy (non-hydrogen) atoms. The first-order chi connectivity index (χ1) is 8.58. The Bertz CT molecular complexity index is 473. The Labute approximate surface area is 114 Å². The average Bonchev–Trinajstić information content (AvgIpc) is 2.27. The van der Waals surface area contributed by atoms with Gasteiger partial charge in [0.05, 0.1) is 18.2 Å². The number of esters is 1. The quantitative estimate of drug-likeness (QED) is 0.674. The van der Waals surface area contributed by atoms with Crippen molar-refractivity contribution in [1.29, 1.82) is 0 Å². The average molecular weight is 265 g/mol. The van der Waals surface area contributed by atoms with E-state index in [-0.39, 0.29) is 5.97 Å². The highest BCUT2D eigenvalue weighted by Crippen LogP contribution is 2.32. The molecule has 0 amide bonds. The first kappa shape index (κ1) is 15.3. The van der Waals surface area contributed by atoms with Crippen LogP contribution < -0.4 is 10.5 Å². The van der Waals surface area contributed by atoms with Gasteiger partial charge < -0.3 is 15.2 Å². The molecule has 0 saturated carbocycles. The Balaban J connectivity index is 3.09. The van der Waals surface area contributed by atoms with Gasteiger partial charge in [0.1, 0.15) is 11.4 Å². The number of anilines is 1. The largest absolute Gasteiger partial charge is 0.495 e. The van der Waals surface area contributed by atoms with E-state index in [2.05, 4.69) is 0 Å². The van der Waals surface area contributed by atoms with E-state index in [4.69, 9.17) is 15.2 Å². The van der Waals surface area contributed by atoms with Crippen LogP contribution in [0.15, 0.2) is 18.2 Å². The minimum atomic E-state index is -0.756. The molecule has 0 fully saturated rings. The van der Waals surface area contributed by atoms with Gasteiger partial charge in [0.2, 0.25) is 0 Å². The van der Waals surface area contributed by atoms with Gasteiger partial charge in [0.15, 0.2) is 0 Å². The highest BCUT2D eigenvalue weighted by molar-refractivity contribution is 5.83. The summed E-state index contributed by atoms with van der Waals surface area (Å²) in [6, 6.07) is 5.33. The van der Waals surface area contributed by atoms with Crippen molar-refractivity contribution in [3.8, 4) is 5.75 Å². The third-order valence-electron chi connectivity index (χ3n) is 2.86. The Kier molecular flexibility index (Phi) is 4.13. The summed E-state index contributed by atoms with van der Waals surface area (Å²) in [6.45, 7) is 9.21. The lowest BCUT2D eigenvalue weighted by atomic mass is 9.84. The van der Waals surface area contributed by atoms with Gasteiger partial charge in [-0.05, 0) is 52.3 Å². The third kappa shape index (κ3) is 3.63. The number of hydrogen-bond acceptors (Lipinski definition) is 4. The Morgan fingerprint density at radius 2 is 1.74 bits per heavy atom. The molecule has 0 aromatic heterocycles. The molecule has 0 spiro atoms. The molecule has 2 N–H and O–H groups in total. The van der Waals surface area contributed by atoms with E-state index in [0.717, 1.165) is 5.56 Å². The van der Waals surface area contributed by atoms with Crippen LogP contribution in [0.1, 0.15) is 40.2 Å². The molecule has 0 bridgehead atoms. The zero-order valence-corrected chi connectivity index (χ0v) is 12.5. The second kappa shape index (κ2) is 5.11. The van der Waals surface area contributed by atoms with E-state index in [0.29, 0.717) is 11.4 Å². The first-order valence-corrected chi connectivity index (χ1v) is 6.25. The topological polar surface area (TPSA) is 61.5 Å². The molecule has 0 aliphatic heterocycles. The van der Waals surface area contributed by atoms with Crippen LogP contribution in [0, 0.1) is 0 Å². The fourth-order valence-electron chi connectivity index (χ4n) is 1.62. The maximum absolute atomic E-state index is 12.3. The second-order valence-corrected chi connectivity index (χ2v) is 6.08. The van der Waals surface area contributed by atoms with Crippen LogP contribution in [0.25, 0.3) is 0 Å². The number of carbonyl (C=O) groups is 1. The summed E-state index contributed by atoms with van der Waals surface area (Å²) < 4.78 is 10.6. The Morgan fingerprint density at radius 3 is 2.21 bits per heavy atom. The van der Waals surface area contributed by atoms with Gasteiger partial charge in [-0.15, -0.1) is 0 Å². The number of nitrogen functional groups attached to an aromatic ring is 1. The van der Waals surface area contributed by atoms with Crippen molar-refractivity contribution in [3.05, 3.63) is 23.8 Å². The SMILES string of the molecule is COc1cc(C(C)(C)C(=O)OC(C)(C)C)ccc1N. The second-order valence-electron chi connectivity index (χ2n) is 6.08. The Morgan fingerprint density at radius 1 is 1.16 bits per heavy atom. The molecule has 0 atom stereocenters. The maximum Gasteiger partial charge on any atom is 0.316 e. The molecule has 106 valence electrons. The normalized spacial score (nSPS) is 12.1. The molecule has 0 aliphatic rings. The molecule has 4 heteroatoms. The van der Waals surface area contributed by atoms with Crippen LogP contribution in [-0.4, -0.2) is 18.7 Å². The number of ether oxygens (including phenoxy) is 2.